The number of piperazine rings is 1. The van der Waals surface area contributed by atoms with Gasteiger partial charge in [-0.05, 0) is 6.92 Å². The highest BCUT2D eigenvalue weighted by atomic mass is 35.5. The maximum Gasteiger partial charge on any atom is 0.261 e. The van der Waals surface area contributed by atoms with E-state index in [0.29, 0.717) is 12.6 Å². The molecule has 0 bridgehead atoms. The molecule has 1 aliphatic heterocycles. The lowest BCUT2D eigenvalue weighted by molar-refractivity contribution is 0.00487. The van der Waals surface area contributed by atoms with E-state index in [1.807, 2.05) is 0 Å². The van der Waals surface area contributed by atoms with Crippen molar-refractivity contribution in [3.63, 3.8) is 0 Å². The van der Waals surface area contributed by atoms with Crippen LogP contribution in [-0.4, -0.2) is 56.8 Å². The van der Waals surface area contributed by atoms with Crippen molar-refractivity contribution < 1.29 is 13.5 Å². The number of hydrogen-bond acceptors (Lipinski definition) is 3. The molecule has 0 aromatic carbocycles. The van der Waals surface area contributed by atoms with Crippen LogP contribution in [0.15, 0.2) is 0 Å². The van der Waals surface area contributed by atoms with Crippen LogP contribution in [0.25, 0.3) is 0 Å². The first-order valence-corrected chi connectivity index (χ1v) is 5.01. The van der Waals surface area contributed by atoms with E-state index in [0.717, 1.165) is 26.2 Å². The summed E-state index contributed by atoms with van der Waals surface area (Å²) >= 11 is 0. The molecule has 6 heteroatoms. The smallest absolute Gasteiger partial charge is 0.261 e. The van der Waals surface area contributed by atoms with Gasteiger partial charge < -0.3 is 10.1 Å². The van der Waals surface area contributed by atoms with Crippen molar-refractivity contribution in [3.8, 4) is 0 Å². The molecule has 1 atom stereocenters. The van der Waals surface area contributed by atoms with Crippen molar-refractivity contribution in [1.82, 2.24) is 10.2 Å². The zero-order valence-corrected chi connectivity index (χ0v) is 9.73. The van der Waals surface area contributed by atoms with E-state index in [9.17, 15) is 8.78 Å². The number of ether oxygens (including phenoxy) is 1. The fourth-order valence-electron chi connectivity index (χ4n) is 1.57. The van der Waals surface area contributed by atoms with Gasteiger partial charge in [0.2, 0.25) is 0 Å². The second-order valence-corrected chi connectivity index (χ2v) is 3.56. The summed E-state index contributed by atoms with van der Waals surface area (Å²) in [7, 11) is 0. The van der Waals surface area contributed by atoms with E-state index in [1.165, 1.54) is 0 Å². The Morgan fingerprint density at radius 1 is 1.53 bits per heavy atom. The van der Waals surface area contributed by atoms with Gasteiger partial charge in [-0.25, -0.2) is 8.78 Å². The summed E-state index contributed by atoms with van der Waals surface area (Å²) < 4.78 is 28.3. The minimum atomic E-state index is -2.35. The van der Waals surface area contributed by atoms with Crippen LogP contribution >= 0.6 is 12.4 Å². The van der Waals surface area contributed by atoms with E-state index in [-0.39, 0.29) is 12.4 Å². The van der Waals surface area contributed by atoms with Crippen LogP contribution < -0.4 is 5.32 Å². The molecule has 1 fully saturated rings. The number of nitrogens with zero attached hydrogens (tertiary/aromatic N) is 1. The average molecular weight is 245 g/mol. The predicted octanol–water partition coefficient (Wildman–Crippen LogP) is 0.984. The largest absolute Gasteiger partial charge is 0.374 e. The van der Waals surface area contributed by atoms with Crippen LogP contribution in [0.3, 0.4) is 0 Å². The average Bonchev–Trinajstić information content (AvgIpc) is 2.15. The summed E-state index contributed by atoms with van der Waals surface area (Å²) in [6, 6.07) is 0.471. The van der Waals surface area contributed by atoms with Gasteiger partial charge in [-0.2, -0.15) is 0 Å². The van der Waals surface area contributed by atoms with Crippen LogP contribution in [-0.2, 0) is 4.74 Å². The summed E-state index contributed by atoms with van der Waals surface area (Å²) in [6.07, 6.45) is -2.35. The van der Waals surface area contributed by atoms with Crippen molar-refractivity contribution in [2.75, 3.05) is 39.4 Å². The molecule has 1 aliphatic rings. The zero-order valence-electron chi connectivity index (χ0n) is 8.92. The fourth-order valence-corrected chi connectivity index (χ4v) is 1.57. The first kappa shape index (κ1) is 15.0. The van der Waals surface area contributed by atoms with Gasteiger partial charge in [0.05, 0.1) is 6.61 Å². The van der Waals surface area contributed by atoms with E-state index in [4.69, 9.17) is 4.74 Å². The van der Waals surface area contributed by atoms with E-state index in [2.05, 4.69) is 17.1 Å². The Balaban J connectivity index is 0.00000196. The molecule has 15 heavy (non-hydrogen) atoms. The topological polar surface area (TPSA) is 24.5 Å². The normalized spacial score (nSPS) is 22.8. The van der Waals surface area contributed by atoms with Gasteiger partial charge in [-0.1, -0.05) is 0 Å². The van der Waals surface area contributed by atoms with Gasteiger partial charge >= 0.3 is 0 Å². The van der Waals surface area contributed by atoms with Crippen LogP contribution in [0.2, 0.25) is 0 Å². The Kier molecular flexibility index (Phi) is 8.23. The third-order valence-electron chi connectivity index (χ3n) is 2.41. The van der Waals surface area contributed by atoms with Crippen LogP contribution in [0, 0.1) is 0 Å². The molecular formula is C9H19ClF2N2O. The Hall–Kier alpha value is 0.0300. The number of nitrogens with one attached hydrogen (secondary N) is 1. The fraction of sp³-hybridized carbons (Fsp3) is 1.00. The summed E-state index contributed by atoms with van der Waals surface area (Å²) in [4.78, 5) is 2.25. The van der Waals surface area contributed by atoms with Crippen molar-refractivity contribution in [1.29, 1.82) is 0 Å². The maximum absolute atomic E-state index is 11.7. The molecule has 0 aromatic rings. The number of rotatable bonds is 5. The quantitative estimate of drug-likeness (QED) is 0.730. The Labute approximate surface area is 95.6 Å². The second-order valence-electron chi connectivity index (χ2n) is 3.56. The van der Waals surface area contributed by atoms with Gasteiger partial charge in [0, 0.05) is 32.2 Å². The second kappa shape index (κ2) is 8.21. The first-order valence-electron chi connectivity index (χ1n) is 5.01. The van der Waals surface area contributed by atoms with E-state index >= 15 is 0 Å². The molecule has 1 heterocycles. The zero-order chi connectivity index (χ0) is 10.4. The predicted molar refractivity (Wildman–Crippen MR) is 58.0 cm³/mol. The van der Waals surface area contributed by atoms with Crippen molar-refractivity contribution >= 4 is 12.4 Å². The highest BCUT2D eigenvalue weighted by Crippen LogP contribution is 2.01. The first-order chi connectivity index (χ1) is 6.70. The molecular weight excluding hydrogens is 226 g/mol. The highest BCUT2D eigenvalue weighted by Gasteiger charge is 2.16. The molecule has 3 nitrogen and oxygen atoms in total. The minimum absolute atomic E-state index is 0. The summed E-state index contributed by atoms with van der Waals surface area (Å²) in [5.41, 5.74) is 0. The maximum atomic E-state index is 11.7. The molecule has 1 N–H and O–H groups in total. The molecule has 0 unspecified atom stereocenters. The molecule has 1 saturated heterocycles. The van der Waals surface area contributed by atoms with E-state index < -0.39 is 13.0 Å². The Morgan fingerprint density at radius 3 is 2.87 bits per heavy atom. The third-order valence-corrected chi connectivity index (χ3v) is 2.41. The van der Waals surface area contributed by atoms with Crippen molar-refractivity contribution in [2.45, 2.75) is 19.4 Å². The van der Waals surface area contributed by atoms with Gasteiger partial charge in [0.15, 0.2) is 0 Å². The van der Waals surface area contributed by atoms with Crippen LogP contribution in [0.1, 0.15) is 6.92 Å². The van der Waals surface area contributed by atoms with Gasteiger partial charge in [-0.15, -0.1) is 12.4 Å². The summed E-state index contributed by atoms with van der Waals surface area (Å²) in [5.74, 6) is 0. The van der Waals surface area contributed by atoms with Crippen molar-refractivity contribution in [3.05, 3.63) is 0 Å². The Bertz CT molecular complexity index is 163. The molecule has 0 aromatic heterocycles. The SMILES string of the molecule is C[C@H]1CNCCN1CCOCC(F)F.Cl. The van der Waals surface area contributed by atoms with Crippen molar-refractivity contribution in [2.24, 2.45) is 0 Å². The highest BCUT2D eigenvalue weighted by molar-refractivity contribution is 5.85. The lowest BCUT2D eigenvalue weighted by Gasteiger charge is -2.33. The molecule has 92 valence electrons. The number of hydrogen-bond donors (Lipinski definition) is 1. The summed E-state index contributed by atoms with van der Waals surface area (Å²) in [5, 5.41) is 3.27. The standard InChI is InChI=1S/C9H18F2N2O.ClH/c1-8-6-12-2-3-13(8)4-5-14-7-9(10)11;/h8-9,12H,2-7H2,1H3;1H/t8-;/m0./s1. The van der Waals surface area contributed by atoms with Gasteiger partial charge in [0.1, 0.15) is 6.61 Å². The van der Waals surface area contributed by atoms with Gasteiger partial charge in [0.25, 0.3) is 6.43 Å². The monoisotopic (exact) mass is 244 g/mol. The molecule has 0 aliphatic carbocycles. The van der Waals surface area contributed by atoms with E-state index in [1.54, 1.807) is 0 Å². The number of halogens is 3. The number of alkyl halides is 2. The molecule has 1 rings (SSSR count). The van der Waals surface area contributed by atoms with Gasteiger partial charge in [-0.3, -0.25) is 4.90 Å². The minimum Gasteiger partial charge on any atom is -0.374 e. The molecule has 0 spiro atoms. The molecule has 0 radical (unpaired) electrons. The van der Waals surface area contributed by atoms with Crippen LogP contribution in [0.4, 0.5) is 8.78 Å². The summed E-state index contributed by atoms with van der Waals surface area (Å²) in [6.45, 7) is 5.73. The Morgan fingerprint density at radius 2 is 2.27 bits per heavy atom. The van der Waals surface area contributed by atoms with Crippen LogP contribution in [0.5, 0.6) is 0 Å². The lowest BCUT2D eigenvalue weighted by Crippen LogP contribution is -2.50. The third kappa shape index (κ3) is 6.25. The lowest BCUT2D eigenvalue weighted by atomic mass is 10.2. The molecule has 0 saturated carbocycles. The molecule has 0 amide bonds.